The van der Waals surface area contributed by atoms with Crippen LogP contribution in [-0.2, 0) is 0 Å². The summed E-state index contributed by atoms with van der Waals surface area (Å²) < 4.78 is 0. The minimum Gasteiger partial charge on any atom is -0.507 e. The Kier molecular flexibility index (Phi) is 2.53. The maximum atomic E-state index is 12.8. The second kappa shape index (κ2) is 4.35. The van der Waals surface area contributed by atoms with Gasteiger partial charge in [0, 0.05) is 21.4 Å². The lowest BCUT2D eigenvalue weighted by Crippen LogP contribution is -2.28. The summed E-state index contributed by atoms with van der Waals surface area (Å²) in [6.45, 7) is 1.85. The number of rotatable bonds is 0. The first-order valence-corrected chi connectivity index (χ1v) is 7.04. The van der Waals surface area contributed by atoms with Gasteiger partial charge < -0.3 is 10.6 Å². The minimum atomic E-state index is -0.561. The lowest BCUT2D eigenvalue weighted by molar-refractivity contribution is -0.0642. The molecule has 0 aliphatic heterocycles. The van der Waals surface area contributed by atoms with E-state index in [4.69, 9.17) is 0 Å². The van der Waals surface area contributed by atoms with Crippen LogP contribution in [0.5, 0.6) is 5.75 Å². The van der Waals surface area contributed by atoms with E-state index in [0.29, 0.717) is 10.8 Å². The third kappa shape index (κ3) is 1.57. The van der Waals surface area contributed by atoms with Gasteiger partial charge in [-0.15, -0.1) is 0 Å². The van der Waals surface area contributed by atoms with Crippen LogP contribution in [0.1, 0.15) is 5.56 Å². The molecular weight excluding hydrogens is 292 g/mol. The molecule has 2 aliphatic rings. The molecule has 0 unspecified atom stereocenters. The van der Waals surface area contributed by atoms with Crippen LogP contribution in [0.25, 0.3) is 27.1 Å². The van der Waals surface area contributed by atoms with E-state index >= 15 is 0 Å². The van der Waals surface area contributed by atoms with Gasteiger partial charge in [-0.2, -0.15) is 4.79 Å². The molecule has 0 aromatic heterocycles. The summed E-state index contributed by atoms with van der Waals surface area (Å²) >= 11 is 0. The van der Waals surface area contributed by atoms with Gasteiger partial charge in [0.15, 0.2) is 5.43 Å². The van der Waals surface area contributed by atoms with E-state index in [-0.39, 0.29) is 37.7 Å². The van der Waals surface area contributed by atoms with Crippen LogP contribution in [0.3, 0.4) is 0 Å². The van der Waals surface area contributed by atoms with Crippen molar-refractivity contribution in [3.8, 4) is 5.75 Å². The van der Waals surface area contributed by atoms with Crippen molar-refractivity contribution in [2.24, 2.45) is 0 Å². The lowest BCUT2D eigenvalue weighted by Gasteiger charge is -1.97. The van der Waals surface area contributed by atoms with Crippen molar-refractivity contribution in [1.29, 1.82) is 0 Å². The van der Waals surface area contributed by atoms with Crippen LogP contribution in [-0.4, -0.2) is 9.90 Å². The summed E-state index contributed by atoms with van der Waals surface area (Å²) in [7, 11) is 0. The number of aryl methyl sites for hydroxylation is 1. The summed E-state index contributed by atoms with van der Waals surface area (Å²) in [5, 5.41) is 11.8. The fourth-order valence-corrected chi connectivity index (χ4v) is 3.26. The highest BCUT2D eigenvalue weighted by molar-refractivity contribution is 5.94. The molecule has 0 fully saturated rings. The number of hydrogen-bond donors (Lipinski definition) is 1. The molecule has 2 aromatic rings. The molecule has 0 atom stereocenters. The van der Waals surface area contributed by atoms with Crippen molar-refractivity contribution in [3.63, 3.8) is 0 Å². The van der Waals surface area contributed by atoms with Crippen LogP contribution in [0, 0.1) is 17.4 Å². The van der Waals surface area contributed by atoms with E-state index in [2.05, 4.69) is 4.79 Å². The van der Waals surface area contributed by atoms with Crippen molar-refractivity contribution in [1.82, 2.24) is 0 Å². The Hall–Kier alpha value is -3.30. The van der Waals surface area contributed by atoms with Gasteiger partial charge in [0.25, 0.3) is 5.43 Å². The molecule has 0 heterocycles. The second-order valence-electron chi connectivity index (χ2n) is 5.61. The highest BCUT2D eigenvalue weighted by Gasteiger charge is 2.20. The number of hydrogen-bond acceptors (Lipinski definition) is 3. The Morgan fingerprint density at radius 3 is 2.48 bits per heavy atom. The highest BCUT2D eigenvalue weighted by atomic mass is 16.3. The molecule has 2 aromatic carbocycles. The zero-order valence-electron chi connectivity index (χ0n) is 12.1. The first-order chi connectivity index (χ1) is 11.0. The van der Waals surface area contributed by atoms with Crippen molar-refractivity contribution in [3.05, 3.63) is 83.7 Å². The largest absolute Gasteiger partial charge is 0.507 e. The van der Waals surface area contributed by atoms with Crippen LogP contribution in [0.15, 0.2) is 46.0 Å². The first-order valence-electron chi connectivity index (χ1n) is 7.04. The Balaban J connectivity index is 2.63. The quantitative estimate of drug-likeness (QED) is 0.394. The van der Waals surface area contributed by atoms with E-state index in [9.17, 15) is 20.2 Å². The van der Waals surface area contributed by atoms with E-state index in [0.717, 1.165) is 5.56 Å². The Morgan fingerprint density at radius 2 is 1.74 bits per heavy atom. The van der Waals surface area contributed by atoms with Crippen LogP contribution < -0.4 is 16.2 Å². The number of phenols is 1. The maximum Gasteiger partial charge on any atom is 0.370 e. The summed E-state index contributed by atoms with van der Waals surface area (Å²) in [5.41, 5.74) is 9.32. The summed E-state index contributed by atoms with van der Waals surface area (Å²) in [4.78, 5) is 28.6. The van der Waals surface area contributed by atoms with Gasteiger partial charge in [-0.3, -0.25) is 9.59 Å². The van der Waals surface area contributed by atoms with Crippen LogP contribution in [0.2, 0.25) is 0 Å². The van der Waals surface area contributed by atoms with Gasteiger partial charge in [0.1, 0.15) is 5.75 Å². The van der Waals surface area contributed by atoms with Gasteiger partial charge in [-0.25, -0.2) is 0 Å². The molecule has 0 saturated heterocycles. The molecule has 2 aliphatic carbocycles. The molecule has 1 N–H and O–H groups in total. The van der Waals surface area contributed by atoms with Gasteiger partial charge in [-0.1, -0.05) is 29.8 Å². The number of aromatic hydroxyl groups is 1. The first kappa shape index (κ1) is 13.4. The predicted octanol–water partition coefficient (Wildman–Crippen LogP) is 1.46. The predicted molar refractivity (Wildman–Crippen MR) is 84.8 cm³/mol. The molecule has 0 bridgehead atoms. The number of phenolic OH excluding ortho intramolecular Hbond substituents is 1. The zero-order chi connectivity index (χ0) is 16.3. The molecular formula is C18H10N2O3. The van der Waals surface area contributed by atoms with Gasteiger partial charge in [0.05, 0.1) is 10.6 Å². The molecule has 110 valence electrons. The average Bonchev–Trinajstić information content (AvgIpc) is 2.83. The molecule has 5 nitrogen and oxygen atoms in total. The van der Waals surface area contributed by atoms with Crippen molar-refractivity contribution in [2.45, 2.75) is 6.92 Å². The second-order valence-corrected chi connectivity index (χ2v) is 5.61. The van der Waals surface area contributed by atoms with E-state index in [1.54, 1.807) is 24.3 Å². The zero-order valence-corrected chi connectivity index (χ0v) is 12.1. The fourth-order valence-electron chi connectivity index (χ4n) is 3.26. The molecule has 5 heteroatoms. The molecule has 0 amide bonds. The smallest absolute Gasteiger partial charge is 0.370 e. The van der Waals surface area contributed by atoms with E-state index in [1.165, 1.54) is 6.07 Å². The lowest BCUT2D eigenvalue weighted by atomic mass is 10.0. The monoisotopic (exact) mass is 302 g/mol. The Bertz CT molecular complexity index is 1370. The topological polar surface area (TPSA) is 90.8 Å². The van der Waals surface area contributed by atoms with Crippen molar-refractivity contribution in [2.75, 3.05) is 0 Å². The van der Waals surface area contributed by atoms with Crippen molar-refractivity contribution < 1.29 is 9.90 Å². The molecule has 0 saturated carbocycles. The van der Waals surface area contributed by atoms with Gasteiger partial charge >= 0.3 is 5.36 Å². The summed E-state index contributed by atoms with van der Waals surface area (Å²) in [6.07, 6.45) is 0. The summed E-state index contributed by atoms with van der Waals surface area (Å²) in [6, 6.07) is 9.83. The SMILES string of the molecule is Cc1ccc2c3c(=O)c4cccc(O)c4c=3c(=O)c(=[N+]=[N-])c2c1. The minimum absolute atomic E-state index is 0.104. The van der Waals surface area contributed by atoms with E-state index in [1.807, 2.05) is 13.0 Å². The number of benzene rings is 2. The van der Waals surface area contributed by atoms with Gasteiger partial charge in [0.2, 0.25) is 0 Å². The summed E-state index contributed by atoms with van der Waals surface area (Å²) in [5.74, 6) is -0.137. The maximum absolute atomic E-state index is 12.8. The standard InChI is InChI=1S/C18H10N2O3/c1-8-5-6-9-11(7-8)16(20-19)18(23)15-13-10(17(22)14(9)15)3-2-4-12(13)21/h2-7,21H,1H3. The normalized spacial score (nSPS) is 11.3. The molecule has 23 heavy (non-hydrogen) atoms. The Morgan fingerprint density at radius 1 is 0.957 bits per heavy atom. The highest BCUT2D eigenvalue weighted by Crippen LogP contribution is 2.25. The third-order valence-electron chi connectivity index (χ3n) is 4.26. The number of nitrogens with zero attached hydrogens (tertiary/aromatic N) is 2. The molecule has 0 radical (unpaired) electrons. The van der Waals surface area contributed by atoms with E-state index < -0.39 is 5.43 Å². The Labute approximate surface area is 128 Å². The van der Waals surface area contributed by atoms with Crippen molar-refractivity contribution >= 4 is 21.5 Å². The molecule has 4 rings (SSSR count). The third-order valence-corrected chi connectivity index (χ3v) is 4.26. The van der Waals surface area contributed by atoms with Crippen LogP contribution in [0.4, 0.5) is 0 Å². The molecule has 0 spiro atoms. The fraction of sp³-hybridized carbons (Fsp3) is 0.0556. The average molecular weight is 302 g/mol. The van der Waals surface area contributed by atoms with Crippen LogP contribution >= 0.6 is 0 Å². The number of fused-ring (bicyclic) bond motifs is 4. The van der Waals surface area contributed by atoms with Gasteiger partial charge in [-0.05, 0) is 19.1 Å².